The van der Waals surface area contributed by atoms with E-state index < -0.39 is 0 Å². The van der Waals surface area contributed by atoms with E-state index in [9.17, 15) is 4.39 Å². The fourth-order valence-electron chi connectivity index (χ4n) is 2.19. The first-order valence-corrected chi connectivity index (χ1v) is 8.23. The Morgan fingerprint density at radius 2 is 2.05 bits per heavy atom. The highest BCUT2D eigenvalue weighted by molar-refractivity contribution is 9.10. The molecule has 2 rings (SSSR count). The molecule has 0 fully saturated rings. The van der Waals surface area contributed by atoms with Gasteiger partial charge in [-0.25, -0.2) is 9.37 Å². The molecule has 2 aromatic rings. The molecule has 0 aliphatic rings. The molecule has 0 saturated carbocycles. The number of fused-ring (bicyclic) bond motifs is 1. The van der Waals surface area contributed by atoms with Crippen molar-refractivity contribution in [3.05, 3.63) is 28.2 Å². The van der Waals surface area contributed by atoms with E-state index in [0.717, 1.165) is 24.4 Å². The third-order valence-corrected chi connectivity index (χ3v) is 4.54. The van der Waals surface area contributed by atoms with Gasteiger partial charge in [-0.05, 0) is 49.8 Å². The van der Waals surface area contributed by atoms with E-state index in [1.807, 2.05) is 6.92 Å². The zero-order valence-corrected chi connectivity index (χ0v) is 15.0. The largest absolute Gasteiger partial charge is 0.325 e. The minimum absolute atomic E-state index is 0.219. The van der Waals surface area contributed by atoms with E-state index in [0.29, 0.717) is 16.0 Å². The van der Waals surface area contributed by atoms with Crippen LogP contribution in [0.2, 0.25) is 0 Å². The molecule has 0 aliphatic carbocycles. The number of hydrogen-bond acceptors (Lipinski definition) is 2. The lowest BCUT2D eigenvalue weighted by atomic mass is 10.3. The van der Waals surface area contributed by atoms with Crippen molar-refractivity contribution in [2.75, 3.05) is 13.6 Å². The summed E-state index contributed by atoms with van der Waals surface area (Å²) >= 11 is 9.48. The van der Waals surface area contributed by atoms with Gasteiger partial charge in [-0.1, -0.05) is 0 Å². The number of aromatic nitrogens is 2. The molecule has 0 aliphatic heterocycles. The standard InChI is InChI=1S/C15H20BrClFN3/c1-9(2)20(4)5-6-21-14-7-11(16)12(18)8-13(14)19-15(21)10(3)17/h7-10H,5-6H2,1-4H3. The van der Waals surface area contributed by atoms with Crippen molar-refractivity contribution in [3.63, 3.8) is 0 Å². The van der Waals surface area contributed by atoms with E-state index in [2.05, 4.69) is 51.3 Å². The second-order valence-corrected chi connectivity index (χ2v) is 7.08. The lowest BCUT2D eigenvalue weighted by Crippen LogP contribution is -2.30. The summed E-state index contributed by atoms with van der Waals surface area (Å²) in [6.45, 7) is 7.85. The Bertz CT molecular complexity index is 639. The van der Waals surface area contributed by atoms with E-state index >= 15 is 0 Å². The first kappa shape index (κ1) is 16.7. The number of benzene rings is 1. The zero-order chi connectivity index (χ0) is 15.7. The third kappa shape index (κ3) is 3.58. The molecule has 0 amide bonds. The van der Waals surface area contributed by atoms with Crippen LogP contribution in [-0.2, 0) is 6.54 Å². The van der Waals surface area contributed by atoms with Gasteiger partial charge in [0, 0.05) is 25.2 Å². The van der Waals surface area contributed by atoms with Gasteiger partial charge in [-0.15, -0.1) is 11.6 Å². The van der Waals surface area contributed by atoms with Crippen molar-refractivity contribution in [3.8, 4) is 0 Å². The Kier molecular flexibility index (Phi) is 5.28. The number of rotatable bonds is 5. The van der Waals surface area contributed by atoms with Crippen molar-refractivity contribution in [1.82, 2.24) is 14.5 Å². The van der Waals surface area contributed by atoms with Gasteiger partial charge < -0.3 is 9.47 Å². The van der Waals surface area contributed by atoms with Crippen LogP contribution in [0.15, 0.2) is 16.6 Å². The van der Waals surface area contributed by atoms with Gasteiger partial charge in [0.1, 0.15) is 11.6 Å². The molecule has 1 aromatic carbocycles. The maximum atomic E-state index is 13.7. The number of hydrogen-bond donors (Lipinski definition) is 0. The molecule has 0 saturated heterocycles. The molecule has 0 N–H and O–H groups in total. The van der Waals surface area contributed by atoms with Crippen LogP contribution in [0, 0.1) is 5.82 Å². The number of nitrogens with zero attached hydrogens (tertiary/aromatic N) is 3. The van der Waals surface area contributed by atoms with Crippen LogP contribution >= 0.6 is 27.5 Å². The molecular formula is C15H20BrClFN3. The first-order valence-electron chi connectivity index (χ1n) is 7.00. The maximum absolute atomic E-state index is 13.7. The smallest absolute Gasteiger partial charge is 0.139 e. The van der Waals surface area contributed by atoms with Crippen LogP contribution in [0.5, 0.6) is 0 Å². The molecule has 1 atom stereocenters. The Balaban J connectivity index is 2.43. The van der Waals surface area contributed by atoms with Gasteiger partial charge in [0.15, 0.2) is 0 Å². The molecule has 6 heteroatoms. The number of alkyl halides is 1. The lowest BCUT2D eigenvalue weighted by molar-refractivity contribution is 0.263. The van der Waals surface area contributed by atoms with Gasteiger partial charge in [0.25, 0.3) is 0 Å². The SMILES string of the molecule is CC(Cl)c1nc2cc(F)c(Br)cc2n1CCN(C)C(C)C. The van der Waals surface area contributed by atoms with Gasteiger partial charge >= 0.3 is 0 Å². The van der Waals surface area contributed by atoms with Crippen molar-refractivity contribution in [1.29, 1.82) is 0 Å². The summed E-state index contributed by atoms with van der Waals surface area (Å²) in [5.74, 6) is 0.474. The highest BCUT2D eigenvalue weighted by Gasteiger charge is 2.17. The normalized spacial score (nSPS) is 13.6. The van der Waals surface area contributed by atoms with Crippen LogP contribution in [0.4, 0.5) is 4.39 Å². The van der Waals surface area contributed by atoms with Gasteiger partial charge in [-0.2, -0.15) is 0 Å². The highest BCUT2D eigenvalue weighted by atomic mass is 79.9. The van der Waals surface area contributed by atoms with Crippen LogP contribution < -0.4 is 0 Å². The molecular weight excluding hydrogens is 357 g/mol. The van der Waals surface area contributed by atoms with Crippen molar-refractivity contribution < 1.29 is 4.39 Å². The number of halogens is 3. The van der Waals surface area contributed by atoms with E-state index in [-0.39, 0.29) is 11.2 Å². The van der Waals surface area contributed by atoms with Crippen LogP contribution in [0.25, 0.3) is 11.0 Å². The highest BCUT2D eigenvalue weighted by Crippen LogP contribution is 2.28. The number of imidazole rings is 1. The first-order chi connectivity index (χ1) is 9.81. The summed E-state index contributed by atoms with van der Waals surface area (Å²) in [6.07, 6.45) is 0. The van der Waals surface area contributed by atoms with Crippen LogP contribution in [0.1, 0.15) is 32.0 Å². The topological polar surface area (TPSA) is 21.1 Å². The van der Waals surface area contributed by atoms with Crippen molar-refractivity contribution in [2.45, 2.75) is 38.7 Å². The second kappa shape index (κ2) is 6.63. The summed E-state index contributed by atoms with van der Waals surface area (Å²) in [5, 5.41) is -0.219. The Labute approximate surface area is 138 Å². The molecule has 116 valence electrons. The van der Waals surface area contributed by atoms with E-state index in [4.69, 9.17) is 11.6 Å². The molecule has 3 nitrogen and oxygen atoms in total. The van der Waals surface area contributed by atoms with Crippen molar-refractivity contribution >= 4 is 38.6 Å². The molecule has 0 radical (unpaired) electrons. The average Bonchev–Trinajstić information content (AvgIpc) is 2.74. The Morgan fingerprint density at radius 3 is 2.62 bits per heavy atom. The molecule has 1 aromatic heterocycles. The molecule has 1 heterocycles. The monoisotopic (exact) mass is 375 g/mol. The fourth-order valence-corrected chi connectivity index (χ4v) is 2.69. The predicted octanol–water partition coefficient (Wildman–Crippen LogP) is 4.58. The fraction of sp³-hybridized carbons (Fsp3) is 0.533. The molecule has 0 bridgehead atoms. The minimum atomic E-state index is -0.305. The van der Waals surface area contributed by atoms with Gasteiger partial charge in [-0.3, -0.25) is 0 Å². The van der Waals surface area contributed by atoms with Gasteiger partial charge in [0.05, 0.1) is 20.9 Å². The predicted molar refractivity (Wildman–Crippen MR) is 89.4 cm³/mol. The van der Waals surface area contributed by atoms with E-state index in [1.54, 1.807) is 6.07 Å². The molecule has 0 spiro atoms. The lowest BCUT2D eigenvalue weighted by Gasteiger charge is -2.22. The molecule has 21 heavy (non-hydrogen) atoms. The minimum Gasteiger partial charge on any atom is -0.325 e. The quantitative estimate of drug-likeness (QED) is 0.712. The van der Waals surface area contributed by atoms with Crippen molar-refractivity contribution in [2.24, 2.45) is 0 Å². The second-order valence-electron chi connectivity index (χ2n) is 5.57. The van der Waals surface area contributed by atoms with E-state index in [1.165, 1.54) is 6.07 Å². The summed E-state index contributed by atoms with van der Waals surface area (Å²) < 4.78 is 16.2. The van der Waals surface area contributed by atoms with Gasteiger partial charge in [0.2, 0.25) is 0 Å². The van der Waals surface area contributed by atoms with Crippen LogP contribution in [0.3, 0.4) is 0 Å². The zero-order valence-electron chi connectivity index (χ0n) is 12.7. The van der Waals surface area contributed by atoms with Crippen LogP contribution in [-0.4, -0.2) is 34.1 Å². The molecule has 1 unspecified atom stereocenters. The summed E-state index contributed by atoms with van der Waals surface area (Å²) in [5.41, 5.74) is 1.55. The average molecular weight is 377 g/mol. The maximum Gasteiger partial charge on any atom is 0.139 e. The Morgan fingerprint density at radius 1 is 1.38 bits per heavy atom. The summed E-state index contributed by atoms with van der Waals surface area (Å²) in [4.78, 5) is 6.75. The number of likely N-dealkylation sites (N-methyl/N-ethyl adjacent to an activating group) is 1. The Hall–Kier alpha value is -0.650. The summed E-state index contributed by atoms with van der Waals surface area (Å²) in [6, 6.07) is 3.70. The third-order valence-electron chi connectivity index (χ3n) is 3.73. The summed E-state index contributed by atoms with van der Waals surface area (Å²) in [7, 11) is 2.09.